The molecule has 0 radical (unpaired) electrons. The molecule has 4 aromatic carbocycles. The second kappa shape index (κ2) is 17.9. The van der Waals surface area contributed by atoms with Crippen molar-refractivity contribution >= 4 is 17.6 Å². The number of hydrogen-bond donors (Lipinski definition) is 3. The average molecular weight is 640 g/mol. The summed E-state index contributed by atoms with van der Waals surface area (Å²) in [6.07, 6.45) is 5.77. The van der Waals surface area contributed by atoms with Gasteiger partial charge in [0.15, 0.2) is 0 Å². The number of ether oxygens (including phenoxy) is 3. The number of hydrogen-bond acceptors (Lipinski definition) is 6. The zero-order chi connectivity index (χ0) is 33.5. The van der Waals surface area contributed by atoms with E-state index in [4.69, 9.17) is 19.3 Å². The molecule has 0 spiro atoms. The van der Waals surface area contributed by atoms with Gasteiger partial charge >= 0.3 is 5.97 Å². The highest BCUT2D eigenvalue weighted by molar-refractivity contribution is 5.90. The molecule has 8 heteroatoms. The maximum atomic E-state index is 12.8. The maximum absolute atomic E-state index is 12.8. The molecule has 0 aliphatic carbocycles. The predicted octanol–water partition coefficient (Wildman–Crippen LogP) is 7.85. The molecule has 4 rings (SSSR count). The average Bonchev–Trinajstić information content (AvgIpc) is 3.10. The van der Waals surface area contributed by atoms with Crippen LogP contribution >= 0.6 is 0 Å². The quantitative estimate of drug-likeness (QED) is 0.0707. The van der Waals surface area contributed by atoms with Crippen molar-refractivity contribution in [1.29, 1.82) is 0 Å². The minimum atomic E-state index is -1.01. The number of anilines is 1. The van der Waals surface area contributed by atoms with Crippen LogP contribution in [-0.4, -0.2) is 36.3 Å². The van der Waals surface area contributed by atoms with Gasteiger partial charge in [-0.25, -0.2) is 0 Å². The van der Waals surface area contributed by atoms with E-state index in [0.29, 0.717) is 24.1 Å². The Bertz CT molecular complexity index is 1510. The molecule has 47 heavy (non-hydrogen) atoms. The van der Waals surface area contributed by atoms with Crippen LogP contribution in [0, 0.1) is 0 Å². The topological polar surface area (TPSA) is 114 Å². The first kappa shape index (κ1) is 35.2. The van der Waals surface area contributed by atoms with E-state index in [0.717, 1.165) is 65.9 Å². The summed E-state index contributed by atoms with van der Waals surface area (Å²) < 4.78 is 17.9. The number of aliphatic carboxylic acids is 1. The summed E-state index contributed by atoms with van der Waals surface area (Å²) in [7, 11) is 3.27. The number of benzene rings is 4. The highest BCUT2D eigenvalue weighted by Crippen LogP contribution is 2.42. The number of unbranched alkanes of at least 4 members (excludes halogenated alkanes) is 5. The standard InChI is InChI=1S/C39H45NO7/c1-45-35-20-16-32(17-21-35)39(31-12-8-7-9-13-31,33-18-22-36(46-2)23-19-33)47-28-30-24-29(27-41)25-34(26-30)40-37(42)14-10-5-3-4-6-11-15-38(43)44/h7-9,12-13,16-26,41H,3-6,10-11,14-15,27-28H2,1-2H3,(H,40,42)(H,43,44). The van der Waals surface area contributed by atoms with Gasteiger partial charge in [-0.05, 0) is 77.1 Å². The van der Waals surface area contributed by atoms with Crippen LogP contribution in [0.1, 0.15) is 79.2 Å². The molecular weight excluding hydrogens is 594 g/mol. The van der Waals surface area contributed by atoms with Crippen molar-refractivity contribution in [1.82, 2.24) is 0 Å². The number of aliphatic hydroxyl groups is 1. The fourth-order valence-electron chi connectivity index (χ4n) is 5.77. The van der Waals surface area contributed by atoms with E-state index >= 15 is 0 Å². The van der Waals surface area contributed by atoms with E-state index in [-0.39, 0.29) is 25.5 Å². The molecule has 0 aliphatic rings. The third-order valence-corrected chi connectivity index (χ3v) is 8.19. The van der Waals surface area contributed by atoms with E-state index < -0.39 is 11.6 Å². The Morgan fingerprint density at radius 1 is 0.660 bits per heavy atom. The van der Waals surface area contributed by atoms with Gasteiger partial charge in [0, 0.05) is 18.5 Å². The fourth-order valence-corrected chi connectivity index (χ4v) is 5.77. The lowest BCUT2D eigenvalue weighted by molar-refractivity contribution is -0.137. The molecule has 0 unspecified atom stereocenters. The number of carbonyl (C=O) groups is 2. The van der Waals surface area contributed by atoms with Gasteiger partial charge in [0.2, 0.25) is 5.91 Å². The first-order valence-corrected chi connectivity index (χ1v) is 16.1. The van der Waals surface area contributed by atoms with Crippen molar-refractivity contribution in [2.75, 3.05) is 19.5 Å². The SMILES string of the molecule is COc1ccc(C(OCc2cc(CO)cc(NC(=O)CCCCCCCCC(=O)O)c2)(c2ccccc2)c2ccc(OC)cc2)cc1. The van der Waals surface area contributed by atoms with E-state index in [1.807, 2.05) is 91.0 Å². The summed E-state index contributed by atoms with van der Waals surface area (Å²) in [5.74, 6) is 0.619. The van der Waals surface area contributed by atoms with Gasteiger partial charge in [-0.15, -0.1) is 0 Å². The van der Waals surface area contributed by atoms with E-state index in [1.54, 1.807) is 20.3 Å². The van der Waals surface area contributed by atoms with Crippen molar-refractivity contribution < 1.29 is 34.0 Å². The Balaban J connectivity index is 1.55. The first-order valence-electron chi connectivity index (χ1n) is 16.1. The van der Waals surface area contributed by atoms with E-state index in [9.17, 15) is 14.7 Å². The minimum absolute atomic E-state index is 0.0899. The molecular formula is C39H45NO7. The van der Waals surface area contributed by atoms with Crippen LogP contribution in [0.15, 0.2) is 97.1 Å². The van der Waals surface area contributed by atoms with Gasteiger partial charge in [-0.1, -0.05) is 86.3 Å². The van der Waals surface area contributed by atoms with E-state index in [2.05, 4.69) is 5.32 Å². The smallest absolute Gasteiger partial charge is 0.303 e. The van der Waals surface area contributed by atoms with Crippen molar-refractivity contribution in [3.63, 3.8) is 0 Å². The Kier molecular flexibility index (Phi) is 13.4. The molecule has 0 bridgehead atoms. The molecule has 4 aromatic rings. The van der Waals surface area contributed by atoms with Crippen molar-refractivity contribution in [3.05, 3.63) is 125 Å². The zero-order valence-corrected chi connectivity index (χ0v) is 27.2. The number of rotatable bonds is 19. The largest absolute Gasteiger partial charge is 0.497 e. The Hall–Kier alpha value is -4.66. The normalized spacial score (nSPS) is 11.2. The van der Waals surface area contributed by atoms with Gasteiger partial charge in [-0.3, -0.25) is 9.59 Å². The molecule has 0 saturated heterocycles. The highest BCUT2D eigenvalue weighted by atomic mass is 16.5. The lowest BCUT2D eigenvalue weighted by Crippen LogP contribution is -2.32. The number of nitrogens with one attached hydrogen (secondary N) is 1. The van der Waals surface area contributed by atoms with Gasteiger partial charge in [0.1, 0.15) is 17.1 Å². The number of carboxylic acid groups (broad SMARTS) is 1. The van der Waals surface area contributed by atoms with Crippen LogP contribution in [-0.2, 0) is 33.1 Å². The summed E-state index contributed by atoms with van der Waals surface area (Å²) in [5, 5.41) is 21.8. The summed E-state index contributed by atoms with van der Waals surface area (Å²) in [6, 6.07) is 31.3. The number of amides is 1. The van der Waals surface area contributed by atoms with Crippen LogP contribution in [0.2, 0.25) is 0 Å². The summed E-state index contributed by atoms with van der Waals surface area (Å²) >= 11 is 0. The molecule has 0 heterocycles. The third-order valence-electron chi connectivity index (χ3n) is 8.19. The third kappa shape index (κ3) is 9.91. The molecule has 1 amide bonds. The molecule has 248 valence electrons. The van der Waals surface area contributed by atoms with Crippen molar-refractivity contribution in [2.45, 2.75) is 70.2 Å². The van der Waals surface area contributed by atoms with Gasteiger partial charge in [0.25, 0.3) is 0 Å². The Morgan fingerprint density at radius 2 is 1.17 bits per heavy atom. The van der Waals surface area contributed by atoms with Crippen molar-refractivity contribution in [2.24, 2.45) is 0 Å². The van der Waals surface area contributed by atoms with E-state index in [1.165, 1.54) is 0 Å². The molecule has 8 nitrogen and oxygen atoms in total. The predicted molar refractivity (Wildman–Crippen MR) is 183 cm³/mol. The Morgan fingerprint density at radius 3 is 1.70 bits per heavy atom. The minimum Gasteiger partial charge on any atom is -0.497 e. The lowest BCUT2D eigenvalue weighted by Gasteiger charge is -2.36. The Labute approximate surface area is 277 Å². The first-order chi connectivity index (χ1) is 22.9. The molecule has 0 saturated carbocycles. The van der Waals surface area contributed by atoms with Gasteiger partial charge < -0.3 is 29.7 Å². The van der Waals surface area contributed by atoms with Crippen LogP contribution < -0.4 is 14.8 Å². The van der Waals surface area contributed by atoms with Crippen LogP contribution in [0.5, 0.6) is 11.5 Å². The summed E-state index contributed by atoms with van der Waals surface area (Å²) in [4.78, 5) is 23.5. The molecule has 0 fully saturated rings. The fraction of sp³-hybridized carbons (Fsp3) is 0.333. The molecule has 0 aromatic heterocycles. The van der Waals surface area contributed by atoms with Crippen LogP contribution in [0.25, 0.3) is 0 Å². The monoisotopic (exact) mass is 639 g/mol. The highest BCUT2D eigenvalue weighted by Gasteiger charge is 2.38. The van der Waals surface area contributed by atoms with Crippen molar-refractivity contribution in [3.8, 4) is 11.5 Å². The zero-order valence-electron chi connectivity index (χ0n) is 27.2. The molecule has 0 aliphatic heterocycles. The number of methoxy groups -OCH3 is 2. The second-order valence-electron chi connectivity index (χ2n) is 11.6. The second-order valence-corrected chi connectivity index (χ2v) is 11.6. The molecule has 3 N–H and O–H groups in total. The van der Waals surface area contributed by atoms with Crippen LogP contribution in [0.4, 0.5) is 5.69 Å². The molecule has 0 atom stereocenters. The van der Waals surface area contributed by atoms with Gasteiger partial charge in [0.05, 0.1) is 27.4 Å². The number of aliphatic hydroxyl groups excluding tert-OH is 1. The lowest BCUT2D eigenvalue weighted by atomic mass is 9.80. The number of carboxylic acids is 1. The van der Waals surface area contributed by atoms with Crippen LogP contribution in [0.3, 0.4) is 0 Å². The summed E-state index contributed by atoms with van der Waals surface area (Å²) in [6.45, 7) is 0.00488. The maximum Gasteiger partial charge on any atom is 0.303 e. The number of carbonyl (C=O) groups excluding carboxylic acids is 1. The van der Waals surface area contributed by atoms with Gasteiger partial charge in [-0.2, -0.15) is 0 Å². The summed E-state index contributed by atoms with van der Waals surface area (Å²) in [5.41, 5.74) is 3.81.